The predicted octanol–water partition coefficient (Wildman–Crippen LogP) is 6.14. The van der Waals surface area contributed by atoms with E-state index >= 15 is 0 Å². The molecule has 1 aliphatic rings. The van der Waals surface area contributed by atoms with Gasteiger partial charge in [-0.05, 0) is 44.9 Å². The molecule has 0 spiro atoms. The fourth-order valence-corrected chi connectivity index (χ4v) is 3.17. The molecule has 0 nitrogen and oxygen atoms in total. The summed E-state index contributed by atoms with van der Waals surface area (Å²) in [6, 6.07) is 21.2. The van der Waals surface area contributed by atoms with Gasteiger partial charge < -0.3 is 0 Å². The molecule has 3 rings (SSSR count). The summed E-state index contributed by atoms with van der Waals surface area (Å²) in [4.78, 5) is 0. The minimum atomic E-state index is 0.0618. The Morgan fingerprint density at radius 2 is 1.23 bits per heavy atom. The van der Waals surface area contributed by atoms with Crippen LogP contribution in [0.25, 0.3) is 11.1 Å². The molecule has 0 unspecified atom stereocenters. The third-order valence-corrected chi connectivity index (χ3v) is 4.06. The van der Waals surface area contributed by atoms with Crippen LogP contribution in [0.5, 0.6) is 0 Å². The first-order valence-corrected chi connectivity index (χ1v) is 7.75. The Hall–Kier alpha value is -2.34. The van der Waals surface area contributed by atoms with Crippen LogP contribution in [0, 0.1) is 5.41 Å². The van der Waals surface area contributed by atoms with Gasteiger partial charge in [-0.15, -0.1) is 0 Å². The van der Waals surface area contributed by atoms with Gasteiger partial charge in [0.1, 0.15) is 0 Å². The summed E-state index contributed by atoms with van der Waals surface area (Å²) < 4.78 is 0. The van der Waals surface area contributed by atoms with Gasteiger partial charge in [0.25, 0.3) is 0 Å². The van der Waals surface area contributed by atoms with E-state index in [1.165, 1.54) is 27.8 Å². The minimum absolute atomic E-state index is 0.0618. The highest BCUT2D eigenvalue weighted by Crippen LogP contribution is 2.49. The van der Waals surface area contributed by atoms with Crippen LogP contribution in [-0.4, -0.2) is 0 Å². The lowest BCUT2D eigenvalue weighted by molar-refractivity contribution is 0.524. The molecule has 0 atom stereocenters. The quantitative estimate of drug-likeness (QED) is 0.622. The van der Waals surface area contributed by atoms with Crippen LogP contribution in [0.1, 0.15) is 31.9 Å². The topological polar surface area (TPSA) is 0 Å². The Labute approximate surface area is 133 Å². The fraction of sp³-hybridized carbons (Fsp3) is 0.182. The van der Waals surface area contributed by atoms with Gasteiger partial charge in [0.2, 0.25) is 0 Å². The fourth-order valence-electron chi connectivity index (χ4n) is 3.17. The molecule has 2 aromatic rings. The Bertz CT molecular complexity index is 751. The molecule has 1 aliphatic carbocycles. The first-order valence-electron chi connectivity index (χ1n) is 7.75. The number of hydrogen-bond donors (Lipinski definition) is 0. The van der Waals surface area contributed by atoms with Crippen LogP contribution in [0.15, 0.2) is 84.5 Å². The summed E-state index contributed by atoms with van der Waals surface area (Å²) in [5, 5.41) is 0. The van der Waals surface area contributed by atoms with Gasteiger partial charge in [0.15, 0.2) is 0 Å². The first kappa shape index (κ1) is 14.6. The monoisotopic (exact) mass is 286 g/mol. The van der Waals surface area contributed by atoms with Gasteiger partial charge in [-0.2, -0.15) is 0 Å². The number of rotatable bonds is 2. The molecule has 0 heteroatoms. The van der Waals surface area contributed by atoms with Gasteiger partial charge in [0.05, 0.1) is 0 Å². The zero-order valence-electron chi connectivity index (χ0n) is 13.6. The maximum absolute atomic E-state index is 4.32. The van der Waals surface area contributed by atoms with Crippen LogP contribution in [-0.2, 0) is 0 Å². The number of allylic oxidation sites excluding steroid dienone is 5. The molecular formula is C22H22. The van der Waals surface area contributed by atoms with E-state index in [0.717, 1.165) is 5.57 Å². The summed E-state index contributed by atoms with van der Waals surface area (Å²) >= 11 is 0. The highest BCUT2D eigenvalue weighted by Gasteiger charge is 2.30. The molecule has 2 aromatic carbocycles. The van der Waals surface area contributed by atoms with Crippen LogP contribution in [0.3, 0.4) is 0 Å². The maximum Gasteiger partial charge on any atom is -0.00735 e. The molecule has 0 bridgehead atoms. The lowest BCUT2D eigenvalue weighted by atomic mass is 9.78. The summed E-state index contributed by atoms with van der Waals surface area (Å²) in [5.41, 5.74) is 7.65. The van der Waals surface area contributed by atoms with Crippen molar-refractivity contribution in [2.45, 2.75) is 20.8 Å². The standard InChI is InChI=1S/C22H22/c1-16-15-19(17-11-7-5-8-12-17)21(22(2,3)4)20(16)18-13-9-6-10-14-18/h5-15H,1H2,2-4H3. The van der Waals surface area contributed by atoms with Crippen molar-refractivity contribution in [1.82, 2.24) is 0 Å². The van der Waals surface area contributed by atoms with E-state index in [1.807, 2.05) is 0 Å². The van der Waals surface area contributed by atoms with Crippen molar-refractivity contribution in [2.75, 3.05) is 0 Å². The van der Waals surface area contributed by atoms with Gasteiger partial charge in [-0.25, -0.2) is 0 Å². The molecule has 0 radical (unpaired) electrons. The van der Waals surface area contributed by atoms with Crippen molar-refractivity contribution >= 4 is 11.1 Å². The zero-order chi connectivity index (χ0) is 15.7. The Morgan fingerprint density at radius 1 is 0.727 bits per heavy atom. The third-order valence-electron chi connectivity index (χ3n) is 4.06. The van der Waals surface area contributed by atoms with Gasteiger partial charge >= 0.3 is 0 Å². The lowest BCUT2D eigenvalue weighted by Crippen LogP contribution is -2.11. The van der Waals surface area contributed by atoms with E-state index in [2.05, 4.69) is 94.1 Å². The summed E-state index contributed by atoms with van der Waals surface area (Å²) in [7, 11) is 0. The zero-order valence-corrected chi connectivity index (χ0v) is 13.6. The van der Waals surface area contributed by atoms with Crippen molar-refractivity contribution in [2.24, 2.45) is 5.41 Å². The van der Waals surface area contributed by atoms with Crippen LogP contribution in [0.2, 0.25) is 0 Å². The van der Waals surface area contributed by atoms with E-state index in [-0.39, 0.29) is 5.41 Å². The Kier molecular flexibility index (Phi) is 3.62. The minimum Gasteiger partial charge on any atom is -0.0911 e. The van der Waals surface area contributed by atoms with E-state index in [0.29, 0.717) is 0 Å². The van der Waals surface area contributed by atoms with Crippen molar-refractivity contribution in [3.05, 3.63) is 95.6 Å². The van der Waals surface area contributed by atoms with Gasteiger partial charge in [-0.1, -0.05) is 88.0 Å². The van der Waals surface area contributed by atoms with E-state index in [1.54, 1.807) is 0 Å². The van der Waals surface area contributed by atoms with Crippen LogP contribution in [0.4, 0.5) is 0 Å². The normalized spacial score (nSPS) is 15.2. The predicted molar refractivity (Wildman–Crippen MR) is 96.4 cm³/mol. The average Bonchev–Trinajstić information content (AvgIpc) is 2.87. The summed E-state index contributed by atoms with van der Waals surface area (Å²) in [5.74, 6) is 0. The van der Waals surface area contributed by atoms with Crippen molar-refractivity contribution in [3.63, 3.8) is 0 Å². The molecule has 0 N–H and O–H groups in total. The first-order chi connectivity index (χ1) is 10.5. The molecule has 22 heavy (non-hydrogen) atoms. The number of hydrogen-bond acceptors (Lipinski definition) is 0. The second-order valence-electron chi connectivity index (χ2n) is 6.82. The molecule has 0 saturated carbocycles. The van der Waals surface area contributed by atoms with Gasteiger partial charge in [-0.3, -0.25) is 0 Å². The Morgan fingerprint density at radius 3 is 1.73 bits per heavy atom. The highest BCUT2D eigenvalue weighted by molar-refractivity contribution is 6.03. The van der Waals surface area contributed by atoms with E-state index in [4.69, 9.17) is 0 Å². The van der Waals surface area contributed by atoms with E-state index < -0.39 is 0 Å². The number of benzene rings is 2. The second kappa shape index (κ2) is 5.46. The lowest BCUT2D eigenvalue weighted by Gasteiger charge is -2.26. The van der Waals surface area contributed by atoms with Crippen molar-refractivity contribution < 1.29 is 0 Å². The van der Waals surface area contributed by atoms with Gasteiger partial charge in [0, 0.05) is 0 Å². The molecule has 0 saturated heterocycles. The molecular weight excluding hydrogens is 264 g/mol. The SMILES string of the molecule is C=C1C=C(c2ccccc2)C(C(C)(C)C)=C1c1ccccc1. The van der Waals surface area contributed by atoms with Crippen LogP contribution >= 0.6 is 0 Å². The van der Waals surface area contributed by atoms with Crippen LogP contribution < -0.4 is 0 Å². The molecule has 0 heterocycles. The van der Waals surface area contributed by atoms with E-state index in [9.17, 15) is 0 Å². The molecule has 0 aromatic heterocycles. The molecule has 0 amide bonds. The average molecular weight is 286 g/mol. The molecule has 110 valence electrons. The molecule has 0 fully saturated rings. The van der Waals surface area contributed by atoms with Crippen molar-refractivity contribution in [3.8, 4) is 0 Å². The second-order valence-corrected chi connectivity index (χ2v) is 6.82. The largest absolute Gasteiger partial charge is 0.0911 e. The molecule has 0 aliphatic heterocycles. The smallest absolute Gasteiger partial charge is 0.00735 e. The maximum atomic E-state index is 4.32. The summed E-state index contributed by atoms with van der Waals surface area (Å²) in [6.45, 7) is 11.2. The van der Waals surface area contributed by atoms with Crippen molar-refractivity contribution in [1.29, 1.82) is 0 Å². The third kappa shape index (κ3) is 2.57. The summed E-state index contributed by atoms with van der Waals surface area (Å²) in [6.07, 6.45) is 2.23. The highest BCUT2D eigenvalue weighted by atomic mass is 14.3. The Balaban J connectivity index is 2.24.